The molecule has 0 saturated carbocycles. The number of aromatic nitrogens is 5. The van der Waals surface area contributed by atoms with Gasteiger partial charge in [-0.1, -0.05) is 24.3 Å². The van der Waals surface area contributed by atoms with E-state index in [2.05, 4.69) is 65.4 Å². The minimum atomic E-state index is -0.151. The van der Waals surface area contributed by atoms with E-state index in [1.807, 2.05) is 36.5 Å². The molecule has 4 rings (SSSR count). The van der Waals surface area contributed by atoms with Gasteiger partial charge in [0.1, 0.15) is 10.6 Å². The monoisotopic (exact) mass is 616 g/mol. The van der Waals surface area contributed by atoms with Crippen LogP contribution in [0, 0.1) is 0 Å². The van der Waals surface area contributed by atoms with Gasteiger partial charge < -0.3 is 15.0 Å². The van der Waals surface area contributed by atoms with Crippen molar-refractivity contribution >= 4 is 37.9 Å². The maximum Gasteiger partial charge on any atom is 1.00 e. The Morgan fingerprint density at radius 3 is 2.03 bits per heavy atom. The number of rotatable bonds is 3. The molecule has 0 N–H and O–H groups in total. The third-order valence-corrected chi connectivity index (χ3v) is 9.01. The smallest absolute Gasteiger partial charge is 0.365 e. The summed E-state index contributed by atoms with van der Waals surface area (Å²) in [5.41, 5.74) is 1.83. The molecular weight excluding hydrogens is 586 g/mol. The number of benzene rings is 1. The second-order valence-electron chi connectivity index (χ2n) is 7.42. The maximum atomic E-state index is 4.39. The predicted octanol–water partition coefficient (Wildman–Crippen LogP) is 5.38. The Morgan fingerprint density at radius 1 is 0.833 bits per heavy atom. The Kier molecular flexibility index (Phi) is 9.18. The van der Waals surface area contributed by atoms with Crippen LogP contribution in [0.3, 0.4) is 0 Å². The van der Waals surface area contributed by atoms with E-state index in [1.165, 1.54) is 0 Å². The van der Waals surface area contributed by atoms with Crippen molar-refractivity contribution in [2.75, 3.05) is 26.7 Å². The molecule has 0 atom stereocenters. The first kappa shape index (κ1) is 24.7. The zero-order valence-electron chi connectivity index (χ0n) is 18.2. The number of imidazole rings is 1. The van der Waals surface area contributed by atoms with Crippen molar-refractivity contribution in [3.05, 3.63) is 59.6 Å². The summed E-state index contributed by atoms with van der Waals surface area (Å²) in [6.07, 6.45) is 5.04. The summed E-state index contributed by atoms with van der Waals surface area (Å²) >= 11 is 0. The van der Waals surface area contributed by atoms with E-state index >= 15 is 0 Å². The molecule has 8 heteroatoms. The zero-order chi connectivity index (χ0) is 21.0. The Labute approximate surface area is 193 Å². The van der Waals surface area contributed by atoms with Crippen LogP contribution < -0.4 is 4.98 Å². The molecule has 0 saturated heterocycles. The SMILES string of the molecule is CC(=C(C)[PH+](C)C)[PH+](C)C.[Os+].c1ccc2cc(-c3nc4nccnc4[n-]3)ncc2c1. The molecule has 4 aromatic rings. The van der Waals surface area contributed by atoms with Crippen LogP contribution in [0.25, 0.3) is 33.6 Å². The van der Waals surface area contributed by atoms with Crippen LogP contribution in [-0.2, 0) is 19.8 Å². The molecule has 0 fully saturated rings. The van der Waals surface area contributed by atoms with Crippen molar-refractivity contribution < 1.29 is 19.8 Å². The summed E-state index contributed by atoms with van der Waals surface area (Å²) in [6, 6.07) is 10.0. The summed E-state index contributed by atoms with van der Waals surface area (Å²) in [6.45, 7) is 14.1. The molecular formula is C22H28N5OsP2+2. The van der Waals surface area contributed by atoms with E-state index in [9.17, 15) is 0 Å². The average molecular weight is 615 g/mol. The van der Waals surface area contributed by atoms with Gasteiger partial charge >= 0.3 is 19.8 Å². The van der Waals surface area contributed by atoms with Crippen molar-refractivity contribution in [3.8, 4) is 11.5 Å². The molecule has 30 heavy (non-hydrogen) atoms. The van der Waals surface area contributed by atoms with Gasteiger partial charge in [0.2, 0.25) is 0 Å². The molecule has 0 spiro atoms. The van der Waals surface area contributed by atoms with Crippen molar-refractivity contribution in [1.82, 2.24) is 24.9 Å². The number of hydrogen-bond donors (Lipinski definition) is 0. The van der Waals surface area contributed by atoms with Gasteiger partial charge in [-0.05, 0) is 31.5 Å². The molecule has 0 aliphatic rings. The first-order valence-corrected chi connectivity index (χ1v) is 14.6. The Bertz CT molecular complexity index is 1110. The molecule has 3 heterocycles. The molecule has 0 unspecified atom stereocenters. The van der Waals surface area contributed by atoms with Crippen LogP contribution in [0.1, 0.15) is 13.8 Å². The van der Waals surface area contributed by atoms with Gasteiger partial charge in [-0.15, -0.1) is 0 Å². The minimum absolute atomic E-state index is 0. The standard InChI is InChI=1S/C14H8N5.C8H18P2.Os/c1-2-4-10-8-17-11(7-9(10)3-1)12-18-13-14(19-12)16-6-5-15-13;1-7(9(3)4)8(2)10(5)6;/h1-8H;1-6H3;/q-1;;+1/p+2. The van der Waals surface area contributed by atoms with Gasteiger partial charge in [-0.25, -0.2) is 0 Å². The van der Waals surface area contributed by atoms with Crippen molar-refractivity contribution in [3.63, 3.8) is 0 Å². The summed E-state index contributed by atoms with van der Waals surface area (Å²) in [5, 5.41) is 5.61. The normalized spacial score (nSPS) is 11.9. The third kappa shape index (κ3) is 5.98. The van der Waals surface area contributed by atoms with Crippen molar-refractivity contribution in [2.24, 2.45) is 0 Å². The van der Waals surface area contributed by atoms with Gasteiger partial charge in [0.25, 0.3) is 0 Å². The molecule has 0 aliphatic heterocycles. The molecule has 0 aliphatic carbocycles. The maximum absolute atomic E-state index is 4.39. The molecule has 0 amide bonds. The number of allylic oxidation sites excluding steroid dienone is 2. The van der Waals surface area contributed by atoms with Gasteiger partial charge in [0.05, 0.1) is 38.0 Å². The van der Waals surface area contributed by atoms with E-state index in [4.69, 9.17) is 0 Å². The number of hydrogen-bond acceptors (Lipinski definition) is 4. The first-order chi connectivity index (χ1) is 13.9. The Morgan fingerprint density at radius 2 is 1.43 bits per heavy atom. The van der Waals surface area contributed by atoms with Crippen LogP contribution in [0.5, 0.6) is 0 Å². The fraction of sp³-hybridized carbons (Fsp3) is 0.273. The molecule has 0 bridgehead atoms. The summed E-state index contributed by atoms with van der Waals surface area (Å²) in [5.74, 6) is 0.562. The fourth-order valence-electron chi connectivity index (χ4n) is 2.78. The minimum Gasteiger partial charge on any atom is -0.365 e. The van der Waals surface area contributed by atoms with Crippen LogP contribution in [0.4, 0.5) is 0 Å². The van der Waals surface area contributed by atoms with Gasteiger partial charge in [0, 0.05) is 45.1 Å². The van der Waals surface area contributed by atoms with Gasteiger partial charge in [-0.3, -0.25) is 9.97 Å². The van der Waals surface area contributed by atoms with E-state index in [1.54, 1.807) is 23.0 Å². The summed E-state index contributed by atoms with van der Waals surface area (Å²) < 4.78 is 0. The van der Waals surface area contributed by atoms with Crippen molar-refractivity contribution in [1.29, 1.82) is 0 Å². The number of fused-ring (bicyclic) bond motifs is 2. The fourth-order valence-corrected chi connectivity index (χ4v) is 5.78. The second-order valence-corrected chi connectivity index (χ2v) is 12.9. The zero-order valence-corrected chi connectivity index (χ0v) is 22.7. The van der Waals surface area contributed by atoms with E-state index in [0.29, 0.717) is 17.1 Å². The van der Waals surface area contributed by atoms with Crippen molar-refractivity contribution in [2.45, 2.75) is 13.8 Å². The summed E-state index contributed by atoms with van der Waals surface area (Å²) in [4.78, 5) is 21.3. The van der Waals surface area contributed by atoms with Crippen LogP contribution in [0.2, 0.25) is 0 Å². The average Bonchev–Trinajstić information content (AvgIpc) is 3.17. The molecule has 5 nitrogen and oxygen atoms in total. The van der Waals surface area contributed by atoms with Crippen LogP contribution in [0.15, 0.2) is 59.6 Å². The first-order valence-electron chi connectivity index (χ1n) is 9.62. The molecule has 157 valence electrons. The topological polar surface area (TPSA) is 65.7 Å². The Balaban J connectivity index is 0.000000253. The summed E-state index contributed by atoms with van der Waals surface area (Å²) in [7, 11) is -0.302. The van der Waals surface area contributed by atoms with Gasteiger partial charge in [0.15, 0.2) is 0 Å². The predicted molar refractivity (Wildman–Crippen MR) is 130 cm³/mol. The van der Waals surface area contributed by atoms with Crippen LogP contribution in [-0.4, -0.2) is 46.6 Å². The molecule has 1 aromatic carbocycles. The van der Waals surface area contributed by atoms with Gasteiger partial charge in [-0.2, -0.15) is 0 Å². The number of nitrogens with zero attached hydrogens (tertiary/aromatic N) is 5. The second kappa shape index (κ2) is 11.2. The molecule has 3 aromatic heterocycles. The van der Waals surface area contributed by atoms with E-state index < -0.39 is 0 Å². The number of pyridine rings is 1. The Hall–Kier alpha value is -1.58. The van der Waals surface area contributed by atoms with E-state index in [0.717, 1.165) is 16.5 Å². The quantitative estimate of drug-likeness (QED) is 0.290. The van der Waals surface area contributed by atoms with E-state index in [-0.39, 0.29) is 35.6 Å². The molecule has 1 radical (unpaired) electrons. The third-order valence-electron chi connectivity index (χ3n) is 5.01. The van der Waals surface area contributed by atoms with Crippen LogP contribution >= 0.6 is 15.8 Å². The largest absolute Gasteiger partial charge is 1.00 e.